The van der Waals surface area contributed by atoms with Gasteiger partial charge in [0, 0.05) is 17.7 Å². The molecule has 0 aliphatic carbocycles. The van der Waals surface area contributed by atoms with E-state index in [0.717, 1.165) is 58.4 Å². The number of fused-ring (bicyclic) bond motifs is 5. The van der Waals surface area contributed by atoms with Gasteiger partial charge in [0.15, 0.2) is 6.10 Å². The van der Waals surface area contributed by atoms with Gasteiger partial charge in [0.25, 0.3) is 0 Å². The van der Waals surface area contributed by atoms with E-state index in [4.69, 9.17) is 9.47 Å². The van der Waals surface area contributed by atoms with Crippen LogP contribution in [0.25, 0.3) is 21.9 Å². The quantitative estimate of drug-likeness (QED) is 0.340. The average Bonchev–Trinajstić information content (AvgIpc) is 2.93. The number of aromatic carboxylic acids is 1. The highest BCUT2D eigenvalue weighted by Gasteiger charge is 2.32. The molecule has 0 bridgehead atoms. The second-order valence-corrected chi connectivity index (χ2v) is 9.55. The van der Waals surface area contributed by atoms with Crippen molar-refractivity contribution in [2.24, 2.45) is 0 Å². The van der Waals surface area contributed by atoms with Gasteiger partial charge in [0.1, 0.15) is 23.7 Å². The number of carboxylic acid groups (broad SMARTS) is 1. The van der Waals surface area contributed by atoms with Crippen LogP contribution in [0.1, 0.15) is 46.9 Å². The molecule has 0 radical (unpaired) electrons. The van der Waals surface area contributed by atoms with Crippen molar-refractivity contribution in [1.82, 2.24) is 4.90 Å². The van der Waals surface area contributed by atoms with Crippen LogP contribution < -0.4 is 9.47 Å². The van der Waals surface area contributed by atoms with Crippen molar-refractivity contribution in [1.29, 1.82) is 0 Å². The van der Waals surface area contributed by atoms with Crippen molar-refractivity contribution in [2.75, 3.05) is 26.2 Å². The summed E-state index contributed by atoms with van der Waals surface area (Å²) in [6.07, 6.45) is 3.46. The van der Waals surface area contributed by atoms with E-state index in [2.05, 4.69) is 29.2 Å². The molecule has 1 atom stereocenters. The van der Waals surface area contributed by atoms with E-state index in [1.54, 1.807) is 12.1 Å². The minimum Gasteiger partial charge on any atom is -0.492 e. The number of rotatable bonds is 6. The van der Waals surface area contributed by atoms with Crippen molar-refractivity contribution in [3.8, 4) is 22.6 Å². The average molecular weight is 480 g/mol. The third kappa shape index (κ3) is 4.20. The van der Waals surface area contributed by atoms with Gasteiger partial charge >= 0.3 is 5.97 Å². The lowest BCUT2D eigenvalue weighted by Gasteiger charge is -2.31. The Hall–Kier alpha value is -3.83. The van der Waals surface area contributed by atoms with Gasteiger partial charge in [-0.25, -0.2) is 4.79 Å². The summed E-state index contributed by atoms with van der Waals surface area (Å²) in [5.74, 6) is 0.253. The van der Waals surface area contributed by atoms with Gasteiger partial charge in [-0.3, -0.25) is 4.90 Å². The normalized spacial score (nSPS) is 17.2. The lowest BCUT2D eigenvalue weighted by atomic mass is 9.85. The van der Waals surface area contributed by atoms with Gasteiger partial charge in [0.2, 0.25) is 0 Å². The summed E-state index contributed by atoms with van der Waals surface area (Å²) in [6.45, 7) is 3.94. The number of hydrogen-bond acceptors (Lipinski definition) is 4. The second-order valence-electron chi connectivity index (χ2n) is 9.55. The summed E-state index contributed by atoms with van der Waals surface area (Å²) < 4.78 is 12.6. The molecule has 2 heterocycles. The summed E-state index contributed by atoms with van der Waals surface area (Å²) in [5.41, 5.74) is 4.01. The van der Waals surface area contributed by atoms with E-state index < -0.39 is 12.1 Å². The molecule has 36 heavy (non-hydrogen) atoms. The standard InChI is InChI=1S/C31H29NO4/c33-31(34)27-10-6-9-26-25-16-13-21-7-2-3-8-24(21)28(25)29(36-30(26)27)22-11-14-23(15-12-22)35-20-19-32-17-4-1-5-18-32/h2-3,6-16,29H,1,4-5,17-20H2,(H,33,34). The highest BCUT2D eigenvalue weighted by atomic mass is 16.5. The summed E-state index contributed by atoms with van der Waals surface area (Å²) in [5, 5.41) is 12.1. The third-order valence-corrected chi connectivity index (χ3v) is 7.31. The zero-order valence-corrected chi connectivity index (χ0v) is 20.2. The monoisotopic (exact) mass is 479 g/mol. The topological polar surface area (TPSA) is 59.0 Å². The fourth-order valence-corrected chi connectivity index (χ4v) is 5.48. The first-order valence-electron chi connectivity index (χ1n) is 12.7. The minimum atomic E-state index is -0.993. The number of nitrogens with zero attached hydrogens (tertiary/aromatic N) is 1. The van der Waals surface area contributed by atoms with E-state index in [0.29, 0.717) is 12.4 Å². The number of carboxylic acids is 1. The Labute approximate surface area is 210 Å². The van der Waals surface area contributed by atoms with Crippen LogP contribution in [-0.4, -0.2) is 42.2 Å². The van der Waals surface area contributed by atoms with Crippen molar-refractivity contribution in [3.05, 3.63) is 95.6 Å². The van der Waals surface area contributed by atoms with Crippen LogP contribution in [0.2, 0.25) is 0 Å². The second kappa shape index (κ2) is 9.67. The zero-order chi connectivity index (χ0) is 24.5. The lowest BCUT2D eigenvalue weighted by Crippen LogP contribution is -2.33. The van der Waals surface area contributed by atoms with Crippen molar-refractivity contribution < 1.29 is 19.4 Å². The summed E-state index contributed by atoms with van der Waals surface area (Å²) in [4.78, 5) is 14.5. The molecule has 5 heteroatoms. The van der Waals surface area contributed by atoms with Crippen molar-refractivity contribution in [2.45, 2.75) is 25.4 Å². The molecule has 1 unspecified atom stereocenters. The first-order chi connectivity index (χ1) is 17.7. The first kappa shape index (κ1) is 22.6. The van der Waals surface area contributed by atoms with Gasteiger partial charge in [-0.05, 0) is 66.0 Å². The molecule has 1 N–H and O–H groups in total. The van der Waals surface area contributed by atoms with Crippen LogP contribution >= 0.6 is 0 Å². The number of benzene rings is 4. The molecular formula is C31H29NO4. The van der Waals surface area contributed by atoms with E-state index in [1.807, 2.05) is 42.5 Å². The zero-order valence-electron chi connectivity index (χ0n) is 20.2. The molecule has 4 aromatic rings. The van der Waals surface area contributed by atoms with Crippen molar-refractivity contribution in [3.63, 3.8) is 0 Å². The highest BCUT2D eigenvalue weighted by molar-refractivity contribution is 5.99. The molecule has 0 amide bonds. The minimum absolute atomic E-state index is 0.175. The fourth-order valence-electron chi connectivity index (χ4n) is 5.48. The number of ether oxygens (including phenoxy) is 2. The SMILES string of the molecule is O=C(O)c1cccc2c1OC(c1ccc(OCCN3CCCCC3)cc1)c1c-2ccc2ccccc12. The molecule has 4 aromatic carbocycles. The van der Waals surface area contributed by atoms with Crippen LogP contribution in [0.15, 0.2) is 78.9 Å². The smallest absolute Gasteiger partial charge is 0.339 e. The van der Waals surface area contributed by atoms with Crippen LogP contribution in [0, 0.1) is 0 Å². The van der Waals surface area contributed by atoms with Crippen molar-refractivity contribution >= 4 is 16.7 Å². The molecule has 0 spiro atoms. The molecule has 5 nitrogen and oxygen atoms in total. The number of para-hydroxylation sites is 1. The number of likely N-dealkylation sites (tertiary alicyclic amines) is 1. The number of piperidine rings is 1. The molecule has 2 aliphatic heterocycles. The van der Waals surface area contributed by atoms with E-state index in [9.17, 15) is 9.90 Å². The Kier molecular flexibility index (Phi) is 6.08. The highest BCUT2D eigenvalue weighted by Crippen LogP contribution is 2.48. The van der Waals surface area contributed by atoms with Crippen LogP contribution in [0.5, 0.6) is 11.5 Å². The van der Waals surface area contributed by atoms with E-state index in [1.165, 1.54) is 19.3 Å². The largest absolute Gasteiger partial charge is 0.492 e. The maximum absolute atomic E-state index is 12.0. The van der Waals surface area contributed by atoms with E-state index >= 15 is 0 Å². The summed E-state index contributed by atoms with van der Waals surface area (Å²) in [6, 6.07) is 25.8. The molecule has 1 fully saturated rings. The van der Waals surface area contributed by atoms with Gasteiger partial charge in [-0.2, -0.15) is 0 Å². The molecule has 6 rings (SSSR count). The molecule has 2 aliphatic rings. The lowest BCUT2D eigenvalue weighted by molar-refractivity contribution is 0.0690. The summed E-state index contributed by atoms with van der Waals surface area (Å²) >= 11 is 0. The Morgan fingerprint density at radius 1 is 0.889 bits per heavy atom. The predicted molar refractivity (Wildman–Crippen MR) is 141 cm³/mol. The van der Waals surface area contributed by atoms with Gasteiger partial charge in [0.05, 0.1) is 0 Å². The molecule has 1 saturated heterocycles. The molecule has 0 aromatic heterocycles. The van der Waals surface area contributed by atoms with Gasteiger partial charge in [-0.1, -0.05) is 67.1 Å². The Bertz CT molecular complexity index is 1410. The molecule has 182 valence electrons. The van der Waals surface area contributed by atoms with Crippen LogP contribution in [-0.2, 0) is 0 Å². The third-order valence-electron chi connectivity index (χ3n) is 7.31. The molecule has 0 saturated carbocycles. The number of hydrogen-bond donors (Lipinski definition) is 1. The molecular weight excluding hydrogens is 450 g/mol. The summed E-state index contributed by atoms with van der Waals surface area (Å²) in [7, 11) is 0. The first-order valence-corrected chi connectivity index (χ1v) is 12.7. The maximum atomic E-state index is 12.0. The Morgan fingerprint density at radius 2 is 1.69 bits per heavy atom. The van der Waals surface area contributed by atoms with Gasteiger partial charge < -0.3 is 14.6 Å². The number of carbonyl (C=O) groups is 1. The van der Waals surface area contributed by atoms with Crippen LogP contribution in [0.3, 0.4) is 0 Å². The Balaban J connectivity index is 1.34. The van der Waals surface area contributed by atoms with Crippen LogP contribution in [0.4, 0.5) is 0 Å². The van der Waals surface area contributed by atoms with Gasteiger partial charge in [-0.15, -0.1) is 0 Å². The Morgan fingerprint density at radius 3 is 2.50 bits per heavy atom. The maximum Gasteiger partial charge on any atom is 0.339 e. The predicted octanol–water partition coefficient (Wildman–Crippen LogP) is 6.55. The fraction of sp³-hybridized carbons (Fsp3) is 0.258. The van der Waals surface area contributed by atoms with E-state index in [-0.39, 0.29) is 5.56 Å².